The second kappa shape index (κ2) is 7.07. The van der Waals surface area contributed by atoms with Crippen molar-refractivity contribution in [2.75, 3.05) is 6.61 Å². The van der Waals surface area contributed by atoms with Crippen molar-refractivity contribution in [2.24, 2.45) is 0 Å². The van der Waals surface area contributed by atoms with Crippen molar-refractivity contribution in [3.8, 4) is 11.3 Å². The SMILES string of the molecule is CCOC(=O)c1c(-c2ccccc2)oc(CC)c1C(=O)CC. The molecule has 0 saturated heterocycles. The molecule has 0 radical (unpaired) electrons. The van der Waals surface area contributed by atoms with Crippen LogP contribution in [0.2, 0.25) is 0 Å². The van der Waals surface area contributed by atoms with E-state index in [9.17, 15) is 9.59 Å². The molecule has 0 fully saturated rings. The van der Waals surface area contributed by atoms with E-state index < -0.39 is 5.97 Å². The van der Waals surface area contributed by atoms with Crippen molar-refractivity contribution in [3.63, 3.8) is 0 Å². The molecule has 0 aliphatic heterocycles. The van der Waals surface area contributed by atoms with Gasteiger partial charge in [-0.3, -0.25) is 4.79 Å². The summed E-state index contributed by atoms with van der Waals surface area (Å²) in [5.41, 5.74) is 1.37. The van der Waals surface area contributed by atoms with Crippen molar-refractivity contribution >= 4 is 11.8 Å². The lowest BCUT2D eigenvalue weighted by atomic mass is 9.99. The molecule has 0 spiro atoms. The first kappa shape index (κ1) is 16.0. The van der Waals surface area contributed by atoms with Gasteiger partial charge in [0.05, 0.1) is 12.2 Å². The summed E-state index contributed by atoms with van der Waals surface area (Å²) in [7, 11) is 0. The summed E-state index contributed by atoms with van der Waals surface area (Å²) in [6.07, 6.45) is 0.855. The van der Waals surface area contributed by atoms with Crippen molar-refractivity contribution in [3.05, 3.63) is 47.2 Å². The number of carbonyl (C=O) groups excluding carboxylic acids is 2. The number of hydrogen-bond acceptors (Lipinski definition) is 4. The van der Waals surface area contributed by atoms with E-state index in [1.54, 1.807) is 13.8 Å². The first-order valence-corrected chi connectivity index (χ1v) is 7.55. The third-order valence-electron chi connectivity index (χ3n) is 3.42. The van der Waals surface area contributed by atoms with Gasteiger partial charge in [-0.05, 0) is 6.92 Å². The molecule has 0 aliphatic carbocycles. The van der Waals surface area contributed by atoms with Gasteiger partial charge in [-0.1, -0.05) is 44.2 Å². The van der Waals surface area contributed by atoms with Crippen LogP contribution in [0.1, 0.15) is 53.7 Å². The molecule has 1 aromatic carbocycles. The van der Waals surface area contributed by atoms with Crippen LogP contribution < -0.4 is 0 Å². The van der Waals surface area contributed by atoms with E-state index in [-0.39, 0.29) is 18.0 Å². The minimum absolute atomic E-state index is 0.106. The minimum Gasteiger partial charge on any atom is -0.462 e. The Labute approximate surface area is 130 Å². The number of ketones is 1. The van der Waals surface area contributed by atoms with Gasteiger partial charge in [0, 0.05) is 18.4 Å². The molecule has 0 aliphatic rings. The lowest BCUT2D eigenvalue weighted by Gasteiger charge is -2.05. The van der Waals surface area contributed by atoms with Gasteiger partial charge >= 0.3 is 5.97 Å². The van der Waals surface area contributed by atoms with Gasteiger partial charge in [0.15, 0.2) is 5.78 Å². The molecule has 116 valence electrons. The number of rotatable bonds is 6. The van der Waals surface area contributed by atoms with Crippen LogP contribution in [-0.4, -0.2) is 18.4 Å². The zero-order chi connectivity index (χ0) is 16.1. The molecule has 4 nitrogen and oxygen atoms in total. The van der Waals surface area contributed by atoms with E-state index in [1.807, 2.05) is 37.3 Å². The van der Waals surface area contributed by atoms with Crippen LogP contribution >= 0.6 is 0 Å². The van der Waals surface area contributed by atoms with Crippen LogP contribution in [-0.2, 0) is 11.2 Å². The molecular weight excluding hydrogens is 280 g/mol. The Kier molecular flexibility index (Phi) is 5.15. The summed E-state index contributed by atoms with van der Waals surface area (Å²) in [4.78, 5) is 24.7. The van der Waals surface area contributed by atoms with Gasteiger partial charge < -0.3 is 9.15 Å². The molecule has 0 atom stereocenters. The molecule has 2 aromatic rings. The molecule has 4 heteroatoms. The monoisotopic (exact) mass is 300 g/mol. The first-order chi connectivity index (χ1) is 10.6. The summed E-state index contributed by atoms with van der Waals surface area (Å²) in [6, 6.07) is 9.30. The zero-order valence-corrected chi connectivity index (χ0v) is 13.1. The quantitative estimate of drug-likeness (QED) is 0.590. The largest absolute Gasteiger partial charge is 0.462 e. The van der Waals surface area contributed by atoms with E-state index in [4.69, 9.17) is 9.15 Å². The highest BCUT2D eigenvalue weighted by molar-refractivity contribution is 6.10. The van der Waals surface area contributed by atoms with E-state index in [0.717, 1.165) is 5.56 Å². The van der Waals surface area contributed by atoms with Crippen molar-refractivity contribution in [1.82, 2.24) is 0 Å². The van der Waals surface area contributed by atoms with Crippen LogP contribution in [0.5, 0.6) is 0 Å². The van der Waals surface area contributed by atoms with Crippen LogP contribution in [0.15, 0.2) is 34.7 Å². The maximum atomic E-state index is 12.4. The lowest BCUT2D eigenvalue weighted by Crippen LogP contribution is -2.11. The van der Waals surface area contributed by atoms with Crippen molar-refractivity contribution in [1.29, 1.82) is 0 Å². The summed E-state index contributed by atoms with van der Waals surface area (Å²) in [6.45, 7) is 5.66. The molecule has 22 heavy (non-hydrogen) atoms. The minimum atomic E-state index is -0.512. The van der Waals surface area contributed by atoms with E-state index in [1.165, 1.54) is 0 Å². The highest BCUT2D eigenvalue weighted by Crippen LogP contribution is 2.33. The van der Waals surface area contributed by atoms with Gasteiger partial charge in [-0.15, -0.1) is 0 Å². The molecule has 0 bridgehead atoms. The average molecular weight is 300 g/mol. The third kappa shape index (κ3) is 2.96. The fraction of sp³-hybridized carbons (Fsp3) is 0.333. The van der Waals surface area contributed by atoms with Crippen LogP contribution in [0.3, 0.4) is 0 Å². The lowest BCUT2D eigenvalue weighted by molar-refractivity contribution is 0.0523. The Morgan fingerprint density at radius 1 is 1.05 bits per heavy atom. The van der Waals surface area contributed by atoms with E-state index in [2.05, 4.69) is 0 Å². The predicted molar refractivity (Wildman–Crippen MR) is 84.1 cm³/mol. The molecule has 0 N–H and O–H groups in total. The zero-order valence-electron chi connectivity index (χ0n) is 13.1. The number of aryl methyl sites for hydroxylation is 1. The Balaban J connectivity index is 2.70. The van der Waals surface area contributed by atoms with Crippen molar-refractivity contribution < 1.29 is 18.7 Å². The first-order valence-electron chi connectivity index (χ1n) is 7.55. The van der Waals surface area contributed by atoms with Crippen molar-refractivity contribution in [2.45, 2.75) is 33.6 Å². The summed E-state index contributed by atoms with van der Waals surface area (Å²) in [5, 5.41) is 0. The highest BCUT2D eigenvalue weighted by Gasteiger charge is 2.29. The second-order valence-corrected chi connectivity index (χ2v) is 4.82. The number of carbonyl (C=O) groups is 2. The second-order valence-electron chi connectivity index (χ2n) is 4.82. The maximum absolute atomic E-state index is 12.4. The van der Waals surface area contributed by atoms with Crippen LogP contribution in [0.4, 0.5) is 0 Å². The van der Waals surface area contributed by atoms with E-state index >= 15 is 0 Å². The number of hydrogen-bond donors (Lipinski definition) is 0. The molecule has 0 saturated carbocycles. The van der Waals surface area contributed by atoms with Gasteiger partial charge in [0.1, 0.15) is 17.1 Å². The maximum Gasteiger partial charge on any atom is 0.342 e. The molecular formula is C18H20O4. The van der Waals surface area contributed by atoms with Gasteiger partial charge in [-0.2, -0.15) is 0 Å². The highest BCUT2D eigenvalue weighted by atomic mass is 16.5. The standard InChI is InChI=1S/C18H20O4/c1-4-13(19)15-14(5-2)22-17(12-10-8-7-9-11-12)16(15)18(20)21-6-3/h7-11H,4-6H2,1-3H3. The summed E-state index contributed by atoms with van der Waals surface area (Å²) < 4.78 is 11.0. The third-order valence-corrected chi connectivity index (χ3v) is 3.42. The predicted octanol–water partition coefficient (Wildman–Crippen LogP) is 4.28. The number of esters is 1. The summed E-state index contributed by atoms with van der Waals surface area (Å²) >= 11 is 0. The summed E-state index contributed by atoms with van der Waals surface area (Å²) in [5.74, 6) is 0.328. The molecule has 1 heterocycles. The Morgan fingerprint density at radius 2 is 1.73 bits per heavy atom. The molecule has 0 unspecified atom stereocenters. The fourth-order valence-electron chi connectivity index (χ4n) is 2.39. The molecule has 0 amide bonds. The fourth-order valence-corrected chi connectivity index (χ4v) is 2.39. The average Bonchev–Trinajstić information content (AvgIpc) is 2.94. The number of ether oxygens (including phenoxy) is 1. The normalized spacial score (nSPS) is 10.5. The smallest absolute Gasteiger partial charge is 0.342 e. The van der Waals surface area contributed by atoms with Gasteiger partial charge in [0.25, 0.3) is 0 Å². The molecule has 2 rings (SSSR count). The number of benzene rings is 1. The molecule has 1 aromatic heterocycles. The number of furan rings is 1. The topological polar surface area (TPSA) is 56.5 Å². The Bertz CT molecular complexity index is 668. The van der Waals surface area contributed by atoms with E-state index in [0.29, 0.717) is 29.9 Å². The van der Waals surface area contributed by atoms with Gasteiger partial charge in [0.2, 0.25) is 0 Å². The van der Waals surface area contributed by atoms with Crippen LogP contribution in [0.25, 0.3) is 11.3 Å². The Morgan fingerprint density at radius 3 is 2.27 bits per heavy atom. The van der Waals surface area contributed by atoms with Gasteiger partial charge in [-0.25, -0.2) is 4.79 Å². The Hall–Kier alpha value is -2.36. The van der Waals surface area contributed by atoms with Crippen LogP contribution in [0, 0.1) is 0 Å². The number of Topliss-reactive ketones (excluding diaryl/α,β-unsaturated/α-hetero) is 1.